The van der Waals surface area contributed by atoms with E-state index in [9.17, 15) is 19.5 Å². The van der Waals surface area contributed by atoms with Crippen molar-refractivity contribution in [2.75, 3.05) is 26.7 Å². The molecule has 0 saturated heterocycles. The Bertz CT molecular complexity index is 1550. The number of carboxylic acid groups (broad SMARTS) is 2. The van der Waals surface area contributed by atoms with Gasteiger partial charge in [-0.05, 0) is 146 Å². The van der Waals surface area contributed by atoms with E-state index in [1.54, 1.807) is 24.1 Å². The number of carboxylic acids is 2. The number of nitrogens with one attached hydrogen (secondary N) is 1. The minimum atomic E-state index is -0.889. The number of carbonyl (C=O) groups is 3. The number of allylic oxidation sites excluding steroid dienone is 3. The average molecular weight is 673 g/mol. The summed E-state index contributed by atoms with van der Waals surface area (Å²) in [7, 11) is 1.79. The van der Waals surface area contributed by atoms with Crippen LogP contribution in [0.4, 0.5) is 0 Å². The Hall–Kier alpha value is -2.93. The van der Waals surface area contributed by atoms with Crippen molar-refractivity contribution in [1.29, 1.82) is 0 Å². The minimum Gasteiger partial charge on any atom is -0.480 e. The highest BCUT2D eigenvalue weighted by Gasteiger charge is 2.71. The van der Waals surface area contributed by atoms with Crippen LogP contribution in [0.15, 0.2) is 42.5 Å². The Kier molecular flexibility index (Phi) is 9.07. The molecule has 0 aromatic heterocycles. The molecule has 6 rings (SSSR count). The predicted molar refractivity (Wildman–Crippen MR) is 194 cm³/mol. The molecule has 4 fully saturated rings. The number of aliphatic carboxylic acids is 1. The normalized spacial score (nSPS) is 39.1. The van der Waals surface area contributed by atoms with Crippen LogP contribution in [0.25, 0.3) is 5.57 Å². The highest BCUT2D eigenvalue weighted by atomic mass is 16.4. The van der Waals surface area contributed by atoms with Crippen molar-refractivity contribution in [2.24, 2.45) is 56.7 Å². The molecule has 0 spiro atoms. The number of carbonyl (C=O) groups excluding carboxylic acids is 1. The molecular weight excluding hydrogens is 612 g/mol. The molecule has 7 nitrogen and oxygen atoms in total. The number of hydrogen-bond acceptors (Lipinski definition) is 4. The molecule has 49 heavy (non-hydrogen) atoms. The van der Waals surface area contributed by atoms with Gasteiger partial charge in [-0.3, -0.25) is 14.5 Å². The van der Waals surface area contributed by atoms with Gasteiger partial charge in [0.25, 0.3) is 0 Å². The minimum absolute atomic E-state index is 0.0322. The maximum Gasteiger partial charge on any atom is 0.335 e. The second-order valence-corrected chi connectivity index (χ2v) is 18.2. The smallest absolute Gasteiger partial charge is 0.335 e. The van der Waals surface area contributed by atoms with Gasteiger partial charge >= 0.3 is 11.9 Å². The van der Waals surface area contributed by atoms with Crippen LogP contribution in [0.2, 0.25) is 0 Å². The molecule has 0 radical (unpaired) electrons. The maximum atomic E-state index is 14.3. The lowest BCUT2D eigenvalue weighted by atomic mass is 9.32. The Labute approximate surface area is 294 Å². The number of hydrogen-bond donors (Lipinski definition) is 3. The first-order chi connectivity index (χ1) is 22.9. The molecule has 1 amide bonds. The third-order valence-corrected chi connectivity index (χ3v) is 15.7. The summed E-state index contributed by atoms with van der Waals surface area (Å²) in [5.74, 6) is 0.644. The number of likely N-dealkylation sites (N-methyl/N-ethyl adjacent to an activating group) is 1. The van der Waals surface area contributed by atoms with Crippen molar-refractivity contribution in [3.8, 4) is 0 Å². The van der Waals surface area contributed by atoms with E-state index >= 15 is 0 Å². The van der Waals surface area contributed by atoms with Crippen molar-refractivity contribution in [3.63, 3.8) is 0 Å². The summed E-state index contributed by atoms with van der Waals surface area (Å²) in [6.07, 6.45) is 12.1. The van der Waals surface area contributed by atoms with Crippen LogP contribution in [-0.2, 0) is 9.59 Å². The molecule has 9 unspecified atom stereocenters. The summed E-state index contributed by atoms with van der Waals surface area (Å²) in [6.45, 7) is 20.3. The SMILES string of the molecule is C=C(C)C1CCC2(C(=O)NCCN(C)CC(=O)O)CCC3(C)C(CCC4C5(C)CC=C(c6ccc(C(=O)O)cc6)C(C)(C)C5CCC43C)C12. The Morgan fingerprint density at radius 1 is 0.898 bits per heavy atom. The summed E-state index contributed by atoms with van der Waals surface area (Å²) < 4.78 is 0. The third-order valence-electron chi connectivity index (χ3n) is 15.7. The molecule has 1 aromatic rings. The summed E-state index contributed by atoms with van der Waals surface area (Å²) in [4.78, 5) is 38.8. The quantitative estimate of drug-likeness (QED) is 0.229. The predicted octanol–water partition coefficient (Wildman–Crippen LogP) is 8.17. The molecule has 3 N–H and O–H groups in total. The topological polar surface area (TPSA) is 107 Å². The standard InChI is InChI=1S/C42H60N2O5/c1-26(2)29-15-20-42(37(49)43-23-24-44(8)25-34(45)46)22-21-40(6)31(35(29)42)13-14-33-39(5)18-16-30(27-9-11-28(12-10-27)36(47)48)38(3,4)32(39)17-19-41(33,40)7/h9-12,16,29,31-33,35H,1,13-15,17-25H2,2-8H3,(H,43,49)(H,45,46)(H,47,48). The number of nitrogens with zero attached hydrogens (tertiary/aromatic N) is 1. The zero-order valence-electron chi connectivity index (χ0n) is 31.0. The van der Waals surface area contributed by atoms with Gasteiger partial charge in [0.1, 0.15) is 0 Å². The van der Waals surface area contributed by atoms with Crippen molar-refractivity contribution in [3.05, 3.63) is 53.6 Å². The third kappa shape index (κ3) is 5.43. The fourth-order valence-electron chi connectivity index (χ4n) is 13.3. The van der Waals surface area contributed by atoms with Crippen LogP contribution < -0.4 is 5.32 Å². The summed E-state index contributed by atoms with van der Waals surface area (Å²) in [6, 6.07) is 7.48. The first kappa shape index (κ1) is 35.9. The van der Waals surface area contributed by atoms with Crippen LogP contribution in [0.3, 0.4) is 0 Å². The fourth-order valence-corrected chi connectivity index (χ4v) is 13.3. The van der Waals surface area contributed by atoms with Gasteiger partial charge in [-0.2, -0.15) is 0 Å². The molecule has 5 aliphatic carbocycles. The fraction of sp³-hybridized carbons (Fsp3) is 0.690. The molecule has 9 atom stereocenters. The molecule has 0 aliphatic heterocycles. The van der Waals surface area contributed by atoms with Crippen molar-refractivity contribution in [1.82, 2.24) is 10.2 Å². The van der Waals surface area contributed by atoms with Gasteiger partial charge in [-0.25, -0.2) is 4.79 Å². The summed E-state index contributed by atoms with van der Waals surface area (Å²) in [5, 5.41) is 21.9. The number of aromatic carboxylic acids is 1. The van der Waals surface area contributed by atoms with E-state index in [0.717, 1.165) is 44.1 Å². The molecule has 4 saturated carbocycles. The second kappa shape index (κ2) is 12.4. The van der Waals surface area contributed by atoms with Crippen LogP contribution in [0, 0.1) is 56.7 Å². The Morgan fingerprint density at radius 2 is 1.59 bits per heavy atom. The van der Waals surface area contributed by atoms with E-state index in [1.807, 2.05) is 12.1 Å². The van der Waals surface area contributed by atoms with E-state index in [-0.39, 0.29) is 45.4 Å². The van der Waals surface area contributed by atoms with Crippen LogP contribution in [0.5, 0.6) is 0 Å². The van der Waals surface area contributed by atoms with Crippen molar-refractivity contribution < 1.29 is 24.6 Å². The van der Waals surface area contributed by atoms with Gasteiger partial charge in [0.15, 0.2) is 0 Å². The highest BCUT2D eigenvalue weighted by molar-refractivity contribution is 5.88. The maximum absolute atomic E-state index is 14.3. The number of benzene rings is 1. The van der Waals surface area contributed by atoms with Crippen LogP contribution in [0.1, 0.15) is 115 Å². The Morgan fingerprint density at radius 3 is 2.22 bits per heavy atom. The number of rotatable bonds is 9. The summed E-state index contributed by atoms with van der Waals surface area (Å²) >= 11 is 0. The average Bonchev–Trinajstić information content (AvgIpc) is 3.42. The highest BCUT2D eigenvalue weighted by Crippen LogP contribution is 2.77. The summed E-state index contributed by atoms with van der Waals surface area (Å²) in [5.41, 5.74) is 4.07. The van der Waals surface area contributed by atoms with E-state index in [2.05, 4.69) is 59.5 Å². The number of amides is 1. The van der Waals surface area contributed by atoms with Gasteiger partial charge < -0.3 is 15.5 Å². The lowest BCUT2D eigenvalue weighted by Crippen LogP contribution is -2.66. The zero-order valence-corrected chi connectivity index (χ0v) is 31.0. The van der Waals surface area contributed by atoms with Crippen molar-refractivity contribution >= 4 is 23.4 Å². The van der Waals surface area contributed by atoms with Gasteiger partial charge in [0.2, 0.25) is 5.91 Å². The van der Waals surface area contributed by atoms with Gasteiger partial charge in [-0.15, -0.1) is 0 Å². The first-order valence-corrected chi connectivity index (χ1v) is 18.8. The largest absolute Gasteiger partial charge is 0.480 e. The molecule has 0 bridgehead atoms. The van der Waals surface area contributed by atoms with Gasteiger partial charge in [-0.1, -0.05) is 65.0 Å². The van der Waals surface area contributed by atoms with Crippen LogP contribution >= 0.6 is 0 Å². The lowest BCUT2D eigenvalue weighted by molar-refractivity contribution is -0.225. The van der Waals surface area contributed by atoms with Gasteiger partial charge in [0.05, 0.1) is 17.5 Å². The van der Waals surface area contributed by atoms with E-state index in [4.69, 9.17) is 5.11 Å². The first-order valence-electron chi connectivity index (χ1n) is 18.8. The van der Waals surface area contributed by atoms with E-state index < -0.39 is 11.9 Å². The van der Waals surface area contributed by atoms with Crippen molar-refractivity contribution in [2.45, 2.75) is 99.3 Å². The van der Waals surface area contributed by atoms with Crippen LogP contribution in [-0.4, -0.2) is 59.6 Å². The van der Waals surface area contributed by atoms with Gasteiger partial charge in [0, 0.05) is 13.1 Å². The molecule has 5 aliphatic rings. The molecular formula is C42H60N2O5. The molecule has 0 heterocycles. The molecule has 1 aromatic carbocycles. The van der Waals surface area contributed by atoms with E-state index in [1.165, 1.54) is 30.4 Å². The second-order valence-electron chi connectivity index (χ2n) is 18.2. The number of fused-ring (bicyclic) bond motifs is 7. The Balaban J connectivity index is 1.29. The molecule has 268 valence electrons. The molecule has 7 heteroatoms. The zero-order chi connectivity index (χ0) is 35.7. The van der Waals surface area contributed by atoms with E-state index in [0.29, 0.717) is 42.3 Å². The monoisotopic (exact) mass is 672 g/mol. The lowest BCUT2D eigenvalue weighted by Gasteiger charge is -2.72.